The van der Waals surface area contributed by atoms with Crippen LogP contribution in [0.1, 0.15) is 6.92 Å². The molecule has 0 amide bonds. The van der Waals surface area contributed by atoms with Crippen molar-refractivity contribution in [2.45, 2.75) is 13.2 Å². The molecule has 0 aliphatic carbocycles. The van der Waals surface area contributed by atoms with Gasteiger partial charge in [-0.15, -0.1) is 5.59 Å². The summed E-state index contributed by atoms with van der Waals surface area (Å²) in [5.41, 5.74) is 4.93. The van der Waals surface area contributed by atoms with E-state index in [-0.39, 0.29) is 13.9 Å². The van der Waals surface area contributed by atoms with Gasteiger partial charge in [0, 0.05) is 0 Å². The molecule has 0 aliphatic rings. The van der Waals surface area contributed by atoms with E-state index >= 15 is 0 Å². The Hall–Kier alpha value is -0.135. The van der Waals surface area contributed by atoms with Gasteiger partial charge in [0.1, 0.15) is 6.23 Å². The van der Waals surface area contributed by atoms with Crippen LogP contribution in [-0.2, 0) is 9.49 Å². The van der Waals surface area contributed by atoms with Gasteiger partial charge in [-0.25, -0.2) is 5.43 Å². The second-order valence-corrected chi connectivity index (χ2v) is 1.39. The van der Waals surface area contributed by atoms with Crippen molar-refractivity contribution in [1.29, 1.82) is 0 Å². The highest BCUT2D eigenvalue weighted by atomic mass is 16.7. The number of nitrogens with one attached hydrogen (secondary N) is 2. The van der Waals surface area contributed by atoms with E-state index in [1.807, 2.05) is 0 Å². The van der Waals surface area contributed by atoms with Crippen LogP contribution < -0.4 is 11.0 Å². The van der Waals surface area contributed by atoms with Crippen molar-refractivity contribution >= 4 is 7.69 Å². The average Bonchev–Trinajstić information content (AvgIpc) is 1.85. The molecule has 0 radical (unpaired) electrons. The first-order valence-corrected chi connectivity index (χ1v) is 2.57. The minimum atomic E-state index is -0.306. The van der Waals surface area contributed by atoms with Crippen LogP contribution in [-0.4, -0.2) is 26.0 Å². The van der Waals surface area contributed by atoms with E-state index < -0.39 is 0 Å². The third-order valence-corrected chi connectivity index (χ3v) is 0.689. The summed E-state index contributed by atoms with van der Waals surface area (Å²) >= 11 is 0. The number of hydrogen-bond donors (Lipinski definition) is 3. The van der Waals surface area contributed by atoms with Gasteiger partial charge >= 0.3 is 7.69 Å². The number of hydrazine groups is 1. The molecule has 3 N–H and O–H groups in total. The second kappa shape index (κ2) is 5.99. The highest BCUT2D eigenvalue weighted by Gasteiger charge is 1.96. The van der Waals surface area contributed by atoms with Gasteiger partial charge in [0.2, 0.25) is 0 Å². The normalized spacial score (nSPS) is 13.2. The molecule has 0 aliphatic heterocycles. The molecule has 1 atom stereocenters. The first-order chi connectivity index (χ1) is 4.31. The lowest BCUT2D eigenvalue weighted by Gasteiger charge is -2.11. The lowest BCUT2D eigenvalue weighted by atomic mass is 10.4. The Kier molecular flexibility index (Phi) is 5.90. The van der Waals surface area contributed by atoms with Gasteiger partial charge in [-0.3, -0.25) is 4.84 Å². The number of rotatable bonds is 5. The Labute approximate surface area is 54.6 Å². The quantitative estimate of drug-likeness (QED) is 0.237. The van der Waals surface area contributed by atoms with E-state index in [9.17, 15) is 0 Å². The molecule has 0 fully saturated rings. The summed E-state index contributed by atoms with van der Waals surface area (Å²) in [5, 5.41) is 8.21. The maximum absolute atomic E-state index is 8.21. The van der Waals surface area contributed by atoms with Crippen LogP contribution in [0.4, 0.5) is 0 Å². The summed E-state index contributed by atoms with van der Waals surface area (Å²) in [7, 11) is 1.16. The molecule has 0 aromatic rings. The topological polar surface area (TPSA) is 62.8 Å². The fraction of sp³-hybridized carbons (Fsp3) is 1.00. The molecular weight excluding hydrogens is 123 g/mol. The fourth-order valence-electron chi connectivity index (χ4n) is 0.295. The molecule has 0 spiro atoms. The van der Waals surface area contributed by atoms with Crippen molar-refractivity contribution in [3.05, 3.63) is 0 Å². The van der Waals surface area contributed by atoms with Crippen LogP contribution in [0.15, 0.2) is 0 Å². The van der Waals surface area contributed by atoms with Crippen molar-refractivity contribution in [1.82, 2.24) is 11.0 Å². The zero-order valence-electron chi connectivity index (χ0n) is 5.55. The summed E-state index contributed by atoms with van der Waals surface area (Å²) in [6, 6.07) is 0. The van der Waals surface area contributed by atoms with E-state index in [0.29, 0.717) is 0 Å². The van der Waals surface area contributed by atoms with E-state index in [0.717, 1.165) is 0 Å². The smallest absolute Gasteiger partial charge is 0.430 e. The standard InChI is InChI=1S/C3H11BN2O3/c1-3(9-4-7)5-6-8-2/h3-7H,1-2H3. The van der Waals surface area contributed by atoms with Gasteiger partial charge in [-0.2, -0.15) is 0 Å². The summed E-state index contributed by atoms with van der Waals surface area (Å²) in [4.78, 5) is 4.44. The van der Waals surface area contributed by atoms with Crippen molar-refractivity contribution in [3.63, 3.8) is 0 Å². The van der Waals surface area contributed by atoms with Crippen molar-refractivity contribution in [3.8, 4) is 0 Å². The molecule has 0 aromatic carbocycles. The van der Waals surface area contributed by atoms with E-state index in [4.69, 9.17) is 5.02 Å². The monoisotopic (exact) mass is 134 g/mol. The molecular formula is C3H11BN2O3. The van der Waals surface area contributed by atoms with Gasteiger partial charge in [0.05, 0.1) is 7.11 Å². The van der Waals surface area contributed by atoms with Gasteiger partial charge in [-0.05, 0) is 6.92 Å². The summed E-state index contributed by atoms with van der Waals surface area (Å²) in [6.45, 7) is 1.72. The maximum atomic E-state index is 8.21. The zero-order chi connectivity index (χ0) is 7.11. The third kappa shape index (κ3) is 5.74. The molecule has 0 bridgehead atoms. The molecule has 0 heterocycles. The van der Waals surface area contributed by atoms with E-state index in [1.165, 1.54) is 7.11 Å². The molecule has 0 rings (SSSR count). The molecule has 0 saturated carbocycles. The molecule has 1 unspecified atom stereocenters. The molecule has 0 aromatic heterocycles. The Morgan fingerprint density at radius 2 is 2.33 bits per heavy atom. The Morgan fingerprint density at radius 3 is 2.78 bits per heavy atom. The molecule has 54 valence electrons. The molecule has 0 saturated heterocycles. The first-order valence-electron chi connectivity index (χ1n) is 2.57. The summed E-state index contributed by atoms with van der Waals surface area (Å²) < 4.78 is 4.65. The van der Waals surface area contributed by atoms with Crippen LogP contribution in [0.3, 0.4) is 0 Å². The third-order valence-electron chi connectivity index (χ3n) is 0.689. The van der Waals surface area contributed by atoms with Gasteiger partial charge in [0.25, 0.3) is 0 Å². The van der Waals surface area contributed by atoms with Crippen LogP contribution in [0.25, 0.3) is 0 Å². The Morgan fingerprint density at radius 1 is 1.67 bits per heavy atom. The largest absolute Gasteiger partial charge is 0.436 e. The highest BCUT2D eigenvalue weighted by molar-refractivity contribution is 6.15. The van der Waals surface area contributed by atoms with E-state index in [2.05, 4.69) is 20.5 Å². The minimum absolute atomic E-state index is 0.269. The van der Waals surface area contributed by atoms with Gasteiger partial charge in [0.15, 0.2) is 0 Å². The predicted molar refractivity (Wildman–Crippen MR) is 33.2 cm³/mol. The van der Waals surface area contributed by atoms with Crippen LogP contribution in [0, 0.1) is 0 Å². The molecule has 5 nitrogen and oxygen atoms in total. The second-order valence-electron chi connectivity index (χ2n) is 1.39. The van der Waals surface area contributed by atoms with Crippen molar-refractivity contribution in [2.24, 2.45) is 0 Å². The lowest BCUT2D eigenvalue weighted by Crippen LogP contribution is -2.40. The molecule has 9 heavy (non-hydrogen) atoms. The predicted octanol–water partition coefficient (Wildman–Crippen LogP) is -1.74. The van der Waals surface area contributed by atoms with Gasteiger partial charge < -0.3 is 9.68 Å². The average molecular weight is 134 g/mol. The first kappa shape index (κ1) is 8.86. The fourth-order valence-corrected chi connectivity index (χ4v) is 0.295. The van der Waals surface area contributed by atoms with E-state index in [1.54, 1.807) is 6.92 Å². The SMILES string of the molecule is CONNC(C)OBO. The van der Waals surface area contributed by atoms with Crippen LogP contribution in [0.5, 0.6) is 0 Å². The van der Waals surface area contributed by atoms with Crippen LogP contribution in [0.2, 0.25) is 0 Å². The number of hydrogen-bond acceptors (Lipinski definition) is 5. The zero-order valence-corrected chi connectivity index (χ0v) is 5.55. The van der Waals surface area contributed by atoms with Crippen LogP contribution >= 0.6 is 0 Å². The lowest BCUT2D eigenvalue weighted by molar-refractivity contribution is 0.00725. The van der Waals surface area contributed by atoms with Gasteiger partial charge in [-0.1, -0.05) is 0 Å². The Balaban J connectivity index is 2.95. The summed E-state index contributed by atoms with van der Waals surface area (Å²) in [5.74, 6) is 0. The summed E-state index contributed by atoms with van der Waals surface area (Å²) in [6.07, 6.45) is -0.269. The Bertz CT molecular complexity index is 65.0. The van der Waals surface area contributed by atoms with Crippen molar-refractivity contribution in [2.75, 3.05) is 7.11 Å². The minimum Gasteiger partial charge on any atom is -0.430 e. The highest BCUT2D eigenvalue weighted by Crippen LogP contribution is 1.76. The van der Waals surface area contributed by atoms with Crippen molar-refractivity contribution < 1.29 is 14.5 Å². The molecule has 6 heteroatoms. The maximum Gasteiger partial charge on any atom is 0.436 e.